The SMILES string of the molecule is CCNC(=NCc1cc(C#N)ccc1F)NCC(O)c1cccc(OC(C)C)c1.I. The Morgan fingerprint density at radius 2 is 2.00 bits per heavy atom. The molecule has 2 aromatic carbocycles. The van der Waals surface area contributed by atoms with E-state index in [-0.39, 0.29) is 43.2 Å². The molecular weight excluding hydrogens is 498 g/mol. The van der Waals surface area contributed by atoms with Crippen LogP contribution in [0.5, 0.6) is 5.75 Å². The molecule has 2 rings (SSSR count). The number of nitrogens with zero attached hydrogens (tertiary/aromatic N) is 2. The fourth-order valence-corrected chi connectivity index (χ4v) is 2.65. The summed E-state index contributed by atoms with van der Waals surface area (Å²) in [6.07, 6.45) is -0.721. The number of guanidine groups is 1. The molecule has 0 bridgehead atoms. The van der Waals surface area contributed by atoms with E-state index in [1.165, 1.54) is 18.2 Å². The number of hydrogen-bond donors (Lipinski definition) is 3. The van der Waals surface area contributed by atoms with Crippen molar-refractivity contribution in [2.45, 2.75) is 39.5 Å². The van der Waals surface area contributed by atoms with Crippen LogP contribution in [0.15, 0.2) is 47.5 Å². The number of nitrogens with one attached hydrogen (secondary N) is 2. The lowest BCUT2D eigenvalue weighted by atomic mass is 10.1. The molecule has 1 atom stereocenters. The summed E-state index contributed by atoms with van der Waals surface area (Å²) in [5.74, 6) is 0.735. The van der Waals surface area contributed by atoms with Gasteiger partial charge < -0.3 is 20.5 Å². The number of ether oxygens (including phenoxy) is 1. The Hall–Kier alpha value is -2.38. The van der Waals surface area contributed by atoms with E-state index in [2.05, 4.69) is 15.6 Å². The number of benzene rings is 2. The third kappa shape index (κ3) is 8.16. The first-order valence-corrected chi connectivity index (χ1v) is 9.58. The molecule has 6 nitrogen and oxygen atoms in total. The van der Waals surface area contributed by atoms with E-state index in [0.717, 1.165) is 5.56 Å². The molecule has 0 aliphatic rings. The molecule has 0 aromatic heterocycles. The number of aliphatic hydroxyl groups excluding tert-OH is 1. The number of aliphatic hydroxyl groups is 1. The first-order chi connectivity index (χ1) is 13.9. The van der Waals surface area contributed by atoms with Crippen molar-refractivity contribution in [3.63, 3.8) is 0 Å². The monoisotopic (exact) mass is 526 g/mol. The zero-order valence-corrected chi connectivity index (χ0v) is 19.7. The molecule has 162 valence electrons. The number of aliphatic imine (C=N–C) groups is 1. The molecule has 0 saturated carbocycles. The van der Waals surface area contributed by atoms with Crippen molar-refractivity contribution in [1.29, 1.82) is 5.26 Å². The molecule has 0 radical (unpaired) electrons. The predicted octanol–water partition coefficient (Wildman–Crippen LogP) is 3.89. The molecule has 0 aliphatic carbocycles. The van der Waals surface area contributed by atoms with Gasteiger partial charge in [-0.25, -0.2) is 9.38 Å². The minimum absolute atomic E-state index is 0. The topological polar surface area (TPSA) is 89.7 Å². The van der Waals surface area contributed by atoms with Crippen LogP contribution in [0.2, 0.25) is 0 Å². The standard InChI is InChI=1S/C22H27FN4O2.HI/c1-4-25-22(26-13-18-10-16(12-24)8-9-20(18)23)27-14-21(28)17-6-5-7-19(11-17)29-15(2)3;/h5-11,15,21,28H,4,13-14H2,1-3H3,(H2,25,26,27);1H. The Kier molecular flexibility index (Phi) is 11.1. The van der Waals surface area contributed by atoms with Gasteiger partial charge in [0.25, 0.3) is 0 Å². The molecule has 0 amide bonds. The van der Waals surface area contributed by atoms with Gasteiger partial charge in [0.15, 0.2) is 5.96 Å². The molecule has 0 saturated heterocycles. The van der Waals surface area contributed by atoms with Gasteiger partial charge in [-0.15, -0.1) is 24.0 Å². The minimum atomic E-state index is -0.770. The summed E-state index contributed by atoms with van der Waals surface area (Å²) in [5.41, 5.74) is 1.44. The second-order valence-electron chi connectivity index (χ2n) is 6.75. The van der Waals surface area contributed by atoms with Crippen LogP contribution >= 0.6 is 24.0 Å². The van der Waals surface area contributed by atoms with Crippen LogP contribution in [0.3, 0.4) is 0 Å². The molecule has 30 heavy (non-hydrogen) atoms. The van der Waals surface area contributed by atoms with Gasteiger partial charge in [0.1, 0.15) is 11.6 Å². The van der Waals surface area contributed by atoms with Crippen molar-refractivity contribution in [3.05, 3.63) is 65.0 Å². The largest absolute Gasteiger partial charge is 0.491 e. The molecule has 0 fully saturated rings. The summed E-state index contributed by atoms with van der Waals surface area (Å²) < 4.78 is 19.6. The van der Waals surface area contributed by atoms with Crippen molar-refractivity contribution >= 4 is 29.9 Å². The van der Waals surface area contributed by atoms with Gasteiger partial charge in [-0.2, -0.15) is 5.26 Å². The number of hydrogen-bond acceptors (Lipinski definition) is 4. The highest BCUT2D eigenvalue weighted by atomic mass is 127. The Morgan fingerprint density at radius 3 is 2.67 bits per heavy atom. The fourth-order valence-electron chi connectivity index (χ4n) is 2.65. The lowest BCUT2D eigenvalue weighted by molar-refractivity contribution is 0.179. The quantitative estimate of drug-likeness (QED) is 0.276. The van der Waals surface area contributed by atoms with Crippen molar-refractivity contribution < 1.29 is 14.2 Å². The molecule has 1 unspecified atom stereocenters. The van der Waals surface area contributed by atoms with Gasteiger partial charge >= 0.3 is 0 Å². The maximum Gasteiger partial charge on any atom is 0.191 e. The van der Waals surface area contributed by atoms with Crippen LogP contribution in [-0.4, -0.2) is 30.3 Å². The van der Waals surface area contributed by atoms with E-state index in [1.54, 1.807) is 6.07 Å². The normalized spacial score (nSPS) is 12.0. The van der Waals surface area contributed by atoms with Gasteiger partial charge in [-0.05, 0) is 56.7 Å². The molecule has 0 heterocycles. The average molecular weight is 526 g/mol. The van der Waals surface area contributed by atoms with Crippen molar-refractivity contribution in [3.8, 4) is 11.8 Å². The highest BCUT2D eigenvalue weighted by molar-refractivity contribution is 14.0. The van der Waals surface area contributed by atoms with Gasteiger partial charge in [0.05, 0.1) is 30.4 Å². The maximum absolute atomic E-state index is 13.9. The Bertz CT molecular complexity index is 884. The van der Waals surface area contributed by atoms with Crippen molar-refractivity contribution in [2.24, 2.45) is 4.99 Å². The third-order valence-corrected chi connectivity index (χ3v) is 4.00. The summed E-state index contributed by atoms with van der Waals surface area (Å²) in [7, 11) is 0. The van der Waals surface area contributed by atoms with E-state index in [4.69, 9.17) is 10.00 Å². The second-order valence-corrected chi connectivity index (χ2v) is 6.75. The molecule has 8 heteroatoms. The van der Waals surface area contributed by atoms with Gasteiger partial charge in [-0.3, -0.25) is 0 Å². The lowest BCUT2D eigenvalue weighted by Crippen LogP contribution is -2.39. The van der Waals surface area contributed by atoms with Crippen LogP contribution in [0.1, 0.15) is 43.6 Å². The fraction of sp³-hybridized carbons (Fsp3) is 0.364. The minimum Gasteiger partial charge on any atom is -0.491 e. The Labute approximate surface area is 194 Å². The van der Waals surface area contributed by atoms with Crippen molar-refractivity contribution in [1.82, 2.24) is 10.6 Å². The van der Waals surface area contributed by atoms with Gasteiger partial charge in [-0.1, -0.05) is 12.1 Å². The number of rotatable bonds is 8. The van der Waals surface area contributed by atoms with Gasteiger partial charge in [0.2, 0.25) is 0 Å². The van der Waals surface area contributed by atoms with Crippen LogP contribution in [0.25, 0.3) is 0 Å². The highest BCUT2D eigenvalue weighted by Crippen LogP contribution is 2.20. The molecule has 0 spiro atoms. The highest BCUT2D eigenvalue weighted by Gasteiger charge is 2.11. The second kappa shape index (κ2) is 13.0. The predicted molar refractivity (Wildman–Crippen MR) is 127 cm³/mol. The van der Waals surface area contributed by atoms with E-state index in [9.17, 15) is 9.50 Å². The zero-order valence-electron chi connectivity index (χ0n) is 17.4. The average Bonchev–Trinajstić information content (AvgIpc) is 2.70. The van der Waals surface area contributed by atoms with E-state index < -0.39 is 11.9 Å². The van der Waals surface area contributed by atoms with Crippen LogP contribution < -0.4 is 15.4 Å². The first-order valence-electron chi connectivity index (χ1n) is 9.58. The van der Waals surface area contributed by atoms with E-state index >= 15 is 0 Å². The summed E-state index contributed by atoms with van der Waals surface area (Å²) in [5, 5.41) is 25.6. The zero-order chi connectivity index (χ0) is 21.2. The molecule has 3 N–H and O–H groups in total. The van der Waals surface area contributed by atoms with E-state index in [1.807, 2.05) is 45.0 Å². The smallest absolute Gasteiger partial charge is 0.191 e. The number of halogens is 2. The Morgan fingerprint density at radius 1 is 1.23 bits per heavy atom. The third-order valence-electron chi connectivity index (χ3n) is 4.00. The maximum atomic E-state index is 13.9. The van der Waals surface area contributed by atoms with Crippen LogP contribution in [0, 0.1) is 17.1 Å². The summed E-state index contributed by atoms with van der Waals surface area (Å²) >= 11 is 0. The summed E-state index contributed by atoms with van der Waals surface area (Å²) in [6.45, 7) is 6.71. The molecule has 2 aromatic rings. The number of nitriles is 1. The van der Waals surface area contributed by atoms with Crippen molar-refractivity contribution in [2.75, 3.05) is 13.1 Å². The van der Waals surface area contributed by atoms with Gasteiger partial charge in [0, 0.05) is 18.7 Å². The Balaban J connectivity index is 0.00000450. The molecular formula is C22H28FIN4O2. The summed E-state index contributed by atoms with van der Waals surface area (Å²) in [4.78, 5) is 4.35. The van der Waals surface area contributed by atoms with Crippen LogP contribution in [-0.2, 0) is 6.54 Å². The van der Waals surface area contributed by atoms with E-state index in [0.29, 0.717) is 29.4 Å². The summed E-state index contributed by atoms with van der Waals surface area (Å²) in [6, 6.07) is 13.5. The first kappa shape index (κ1) is 25.7. The lowest BCUT2D eigenvalue weighted by Gasteiger charge is -2.17. The molecule has 0 aliphatic heterocycles. The van der Waals surface area contributed by atoms with Crippen LogP contribution in [0.4, 0.5) is 4.39 Å².